The molecule has 2 atom stereocenters. The van der Waals surface area contributed by atoms with Crippen LogP contribution in [0, 0.1) is 5.92 Å². The van der Waals surface area contributed by atoms with Crippen LogP contribution in [0.3, 0.4) is 0 Å². The molecule has 0 amide bonds. The molecule has 1 saturated heterocycles. The molecule has 1 heterocycles. The molecule has 0 unspecified atom stereocenters. The van der Waals surface area contributed by atoms with Gasteiger partial charge in [-0.3, -0.25) is 0 Å². The monoisotopic (exact) mass is 172 g/mol. The normalized spacial score (nSPS) is 32.0. The third kappa shape index (κ3) is 1.76. The lowest BCUT2D eigenvalue weighted by Crippen LogP contribution is -2.17. The van der Waals surface area contributed by atoms with Gasteiger partial charge in [-0.05, 0) is 0 Å². The lowest BCUT2D eigenvalue weighted by molar-refractivity contribution is -0.131. The summed E-state index contributed by atoms with van der Waals surface area (Å²) in [6.07, 6.45) is 1.07. The topological polar surface area (TPSA) is 55.8 Å². The molecular formula is C8H12O4. The first kappa shape index (κ1) is 9.06. The van der Waals surface area contributed by atoms with Crippen molar-refractivity contribution in [2.75, 3.05) is 13.7 Å². The predicted molar refractivity (Wildman–Crippen MR) is 41.6 cm³/mol. The zero-order chi connectivity index (χ0) is 9.14. The zero-order valence-corrected chi connectivity index (χ0v) is 7.11. The maximum absolute atomic E-state index is 10.3. The van der Waals surface area contributed by atoms with Crippen LogP contribution < -0.4 is 0 Å². The summed E-state index contributed by atoms with van der Waals surface area (Å²) >= 11 is 0. The van der Waals surface area contributed by atoms with E-state index in [1.807, 2.05) is 6.92 Å². The Bertz CT molecular complexity index is 209. The van der Waals surface area contributed by atoms with Gasteiger partial charge in [0.15, 0.2) is 0 Å². The average molecular weight is 172 g/mol. The van der Waals surface area contributed by atoms with Crippen LogP contribution in [-0.2, 0) is 14.3 Å². The number of carboxylic acid groups (broad SMARTS) is 1. The van der Waals surface area contributed by atoms with E-state index >= 15 is 0 Å². The largest absolute Gasteiger partial charge is 0.495 e. The average Bonchev–Trinajstić information content (AvgIpc) is 2.32. The van der Waals surface area contributed by atoms with Gasteiger partial charge in [0, 0.05) is 13.0 Å². The van der Waals surface area contributed by atoms with Crippen molar-refractivity contribution in [3.05, 3.63) is 11.8 Å². The van der Waals surface area contributed by atoms with Gasteiger partial charge in [-0.25, -0.2) is 4.79 Å². The summed E-state index contributed by atoms with van der Waals surface area (Å²) < 4.78 is 10.2. The zero-order valence-electron chi connectivity index (χ0n) is 7.11. The predicted octanol–water partition coefficient (Wildman–Crippen LogP) is 0.636. The SMILES string of the molecule is CO[C@H]1CO/C(=C/C(=O)O)[C@@H]1C. The fourth-order valence-electron chi connectivity index (χ4n) is 1.20. The van der Waals surface area contributed by atoms with Gasteiger partial charge in [0.2, 0.25) is 0 Å². The second kappa shape index (κ2) is 3.58. The van der Waals surface area contributed by atoms with Crippen LogP contribution in [0.5, 0.6) is 0 Å². The molecule has 0 spiro atoms. The maximum Gasteiger partial charge on any atom is 0.331 e. The molecule has 1 aliphatic rings. The first-order valence-corrected chi connectivity index (χ1v) is 3.75. The smallest absolute Gasteiger partial charge is 0.331 e. The Kier molecular flexibility index (Phi) is 2.70. The highest BCUT2D eigenvalue weighted by Crippen LogP contribution is 2.26. The van der Waals surface area contributed by atoms with Crippen LogP contribution in [0.15, 0.2) is 11.8 Å². The van der Waals surface area contributed by atoms with Crippen LogP contribution in [0.1, 0.15) is 6.92 Å². The van der Waals surface area contributed by atoms with E-state index in [0.29, 0.717) is 12.4 Å². The highest BCUT2D eigenvalue weighted by molar-refractivity contribution is 5.80. The molecule has 12 heavy (non-hydrogen) atoms. The van der Waals surface area contributed by atoms with E-state index in [2.05, 4.69) is 0 Å². The minimum absolute atomic E-state index is 0.0180. The second-order valence-electron chi connectivity index (χ2n) is 2.76. The van der Waals surface area contributed by atoms with E-state index in [1.165, 1.54) is 0 Å². The van der Waals surface area contributed by atoms with Gasteiger partial charge in [0.1, 0.15) is 18.5 Å². The molecule has 1 aliphatic heterocycles. The van der Waals surface area contributed by atoms with Gasteiger partial charge in [0.25, 0.3) is 0 Å². The molecule has 0 bridgehead atoms. The molecule has 0 aromatic heterocycles. The Morgan fingerprint density at radius 3 is 2.92 bits per heavy atom. The fraction of sp³-hybridized carbons (Fsp3) is 0.625. The number of rotatable bonds is 2. The summed E-state index contributed by atoms with van der Waals surface area (Å²) in [4.78, 5) is 10.3. The summed E-state index contributed by atoms with van der Waals surface area (Å²) in [5.41, 5.74) is 0. The number of ether oxygens (including phenoxy) is 2. The van der Waals surface area contributed by atoms with Crippen molar-refractivity contribution in [1.29, 1.82) is 0 Å². The standard InChI is InChI=1S/C8H12O4/c1-5-6(3-8(9)10)12-4-7(5)11-2/h3,5,7H,4H2,1-2H3,(H,9,10)/b6-3+/t5-,7-/m0/s1. The number of aliphatic carboxylic acids is 1. The van der Waals surface area contributed by atoms with Crippen molar-refractivity contribution >= 4 is 5.97 Å². The number of hydrogen-bond acceptors (Lipinski definition) is 3. The van der Waals surface area contributed by atoms with Crippen LogP contribution in [0.4, 0.5) is 0 Å². The number of methoxy groups -OCH3 is 1. The third-order valence-electron chi connectivity index (χ3n) is 1.99. The Labute approximate surface area is 70.8 Å². The molecule has 0 radical (unpaired) electrons. The lowest BCUT2D eigenvalue weighted by Gasteiger charge is -2.08. The highest BCUT2D eigenvalue weighted by atomic mass is 16.5. The van der Waals surface area contributed by atoms with Crippen LogP contribution in [0.2, 0.25) is 0 Å². The van der Waals surface area contributed by atoms with Crippen LogP contribution in [0.25, 0.3) is 0 Å². The Hall–Kier alpha value is -1.03. The molecule has 0 aliphatic carbocycles. The van der Waals surface area contributed by atoms with Crippen molar-refractivity contribution in [3.8, 4) is 0 Å². The quantitative estimate of drug-likeness (QED) is 0.621. The maximum atomic E-state index is 10.3. The molecule has 0 aromatic carbocycles. The second-order valence-corrected chi connectivity index (χ2v) is 2.76. The summed E-state index contributed by atoms with van der Waals surface area (Å²) in [7, 11) is 1.59. The highest BCUT2D eigenvalue weighted by Gasteiger charge is 2.30. The van der Waals surface area contributed by atoms with E-state index in [9.17, 15) is 4.79 Å². The molecule has 1 rings (SSSR count). The summed E-state index contributed by atoms with van der Waals surface area (Å²) in [6.45, 7) is 2.33. The number of carbonyl (C=O) groups is 1. The van der Waals surface area contributed by atoms with Crippen LogP contribution in [-0.4, -0.2) is 30.9 Å². The Morgan fingerprint density at radius 2 is 2.50 bits per heavy atom. The van der Waals surface area contributed by atoms with Crippen LogP contribution >= 0.6 is 0 Å². The minimum atomic E-state index is -0.978. The van der Waals surface area contributed by atoms with Crippen molar-refractivity contribution in [2.45, 2.75) is 13.0 Å². The Morgan fingerprint density at radius 1 is 1.83 bits per heavy atom. The van der Waals surface area contributed by atoms with E-state index in [4.69, 9.17) is 14.6 Å². The van der Waals surface area contributed by atoms with Crippen molar-refractivity contribution < 1.29 is 19.4 Å². The molecule has 4 nitrogen and oxygen atoms in total. The minimum Gasteiger partial charge on any atom is -0.495 e. The molecule has 1 N–H and O–H groups in total. The third-order valence-corrected chi connectivity index (χ3v) is 1.99. The molecule has 68 valence electrons. The van der Waals surface area contributed by atoms with Crippen molar-refractivity contribution in [2.24, 2.45) is 5.92 Å². The van der Waals surface area contributed by atoms with E-state index < -0.39 is 5.97 Å². The van der Waals surface area contributed by atoms with Gasteiger partial charge < -0.3 is 14.6 Å². The molecule has 4 heteroatoms. The number of hydrogen-bond donors (Lipinski definition) is 1. The summed E-state index contributed by atoms with van der Waals surface area (Å²) in [5.74, 6) is -0.450. The van der Waals surface area contributed by atoms with E-state index in [0.717, 1.165) is 6.08 Å². The van der Waals surface area contributed by atoms with Crippen molar-refractivity contribution in [3.63, 3.8) is 0 Å². The van der Waals surface area contributed by atoms with E-state index in [1.54, 1.807) is 7.11 Å². The molecule has 0 saturated carbocycles. The molecule has 0 aromatic rings. The fourth-order valence-corrected chi connectivity index (χ4v) is 1.20. The van der Waals surface area contributed by atoms with Crippen molar-refractivity contribution in [1.82, 2.24) is 0 Å². The van der Waals surface area contributed by atoms with Gasteiger partial charge in [-0.2, -0.15) is 0 Å². The molecule has 1 fully saturated rings. The summed E-state index contributed by atoms with van der Waals surface area (Å²) in [5, 5.41) is 8.45. The lowest BCUT2D eigenvalue weighted by atomic mass is 10.1. The van der Waals surface area contributed by atoms with Gasteiger partial charge in [-0.15, -0.1) is 0 Å². The summed E-state index contributed by atoms with van der Waals surface area (Å²) in [6, 6.07) is 0. The van der Waals surface area contributed by atoms with E-state index in [-0.39, 0.29) is 12.0 Å². The number of carboxylic acids is 1. The Balaban J connectivity index is 2.66. The van der Waals surface area contributed by atoms with Gasteiger partial charge in [0.05, 0.1) is 6.08 Å². The molecular weight excluding hydrogens is 160 g/mol. The van der Waals surface area contributed by atoms with Gasteiger partial charge in [-0.1, -0.05) is 6.92 Å². The first-order chi connectivity index (χ1) is 5.65. The van der Waals surface area contributed by atoms with Gasteiger partial charge >= 0.3 is 5.97 Å². The first-order valence-electron chi connectivity index (χ1n) is 3.75.